The molecule has 73 heavy (non-hydrogen) atoms. The summed E-state index contributed by atoms with van der Waals surface area (Å²) in [6.45, 7) is 3.78. The maximum absolute atomic E-state index is 12.6. The van der Waals surface area contributed by atoms with Crippen molar-refractivity contribution in [2.45, 2.75) is 37.8 Å². The molecule has 8 aromatic rings. The monoisotopic (exact) mass is 981 g/mol. The molecular weight excluding hydrogens is 923 g/mol. The molecule has 2 fully saturated rings. The first-order valence-corrected chi connectivity index (χ1v) is 24.3. The van der Waals surface area contributed by atoms with E-state index in [0.29, 0.717) is 55.7 Å². The molecule has 0 bridgehead atoms. The highest BCUT2D eigenvalue weighted by atomic mass is 16.5. The quantitative estimate of drug-likeness (QED) is 0.0981. The largest absolute Gasteiger partial charge is 0.457 e. The number of hydrogen-bond donors (Lipinski definition) is 2. The van der Waals surface area contributed by atoms with Crippen molar-refractivity contribution < 1.29 is 23.8 Å². The van der Waals surface area contributed by atoms with Crippen molar-refractivity contribution in [1.29, 1.82) is 0 Å². The smallest absolute Gasteiger partial charge is 0.246 e. The van der Waals surface area contributed by atoms with Gasteiger partial charge in [0.25, 0.3) is 0 Å². The van der Waals surface area contributed by atoms with Crippen LogP contribution in [0.25, 0.3) is 44.6 Å². The van der Waals surface area contributed by atoms with Gasteiger partial charge in [0.2, 0.25) is 11.8 Å². The Hall–Kier alpha value is -8.48. The fourth-order valence-corrected chi connectivity index (χ4v) is 9.00. The Morgan fingerprint density at radius 3 is 1.37 bits per heavy atom. The summed E-state index contributed by atoms with van der Waals surface area (Å²) in [6.07, 6.45) is 12.9. The first-order chi connectivity index (χ1) is 35.6. The van der Waals surface area contributed by atoms with Gasteiger partial charge in [0, 0.05) is 63.1 Å². The van der Waals surface area contributed by atoms with Crippen molar-refractivity contribution >= 4 is 45.5 Å². The number of amides is 2. The lowest BCUT2D eigenvalue weighted by Gasteiger charge is -2.31. The minimum absolute atomic E-state index is 0.000827. The van der Waals surface area contributed by atoms with Crippen LogP contribution in [-0.2, 0) is 14.3 Å². The molecule has 2 saturated heterocycles. The predicted molar refractivity (Wildman–Crippen MR) is 282 cm³/mol. The summed E-state index contributed by atoms with van der Waals surface area (Å²) in [7, 11) is 5.56. The Kier molecular flexibility index (Phi) is 15.7. The number of nitrogens with two attached hydrogens (primary N) is 2. The third-order valence-electron chi connectivity index (χ3n) is 12.7. The number of nitrogens with zero attached hydrogens (tertiary/aromatic N) is 11. The Labute approximate surface area is 423 Å². The maximum Gasteiger partial charge on any atom is 0.246 e. The Balaban J connectivity index is 0.000000180. The van der Waals surface area contributed by atoms with Gasteiger partial charge in [0.15, 0.2) is 11.3 Å². The van der Waals surface area contributed by atoms with Crippen molar-refractivity contribution in [3.05, 3.63) is 146 Å². The number of piperidine rings is 2. The number of para-hydroxylation sites is 2. The zero-order valence-corrected chi connectivity index (χ0v) is 41.2. The molecule has 0 saturated carbocycles. The summed E-state index contributed by atoms with van der Waals surface area (Å²) in [4.78, 5) is 48.2. The Morgan fingerprint density at radius 1 is 0.575 bits per heavy atom. The number of carbonyl (C=O) groups excluding carboxylic acids is 2. The lowest BCUT2D eigenvalue weighted by atomic mass is 10.1. The first-order valence-electron chi connectivity index (χ1n) is 24.3. The van der Waals surface area contributed by atoms with E-state index in [4.69, 9.17) is 35.9 Å². The van der Waals surface area contributed by atoms with Gasteiger partial charge in [-0.1, -0.05) is 48.6 Å². The lowest BCUT2D eigenvalue weighted by molar-refractivity contribution is -0.128. The molecule has 6 heterocycles. The van der Waals surface area contributed by atoms with Gasteiger partial charge in [-0.2, -0.15) is 10.2 Å². The van der Waals surface area contributed by atoms with Gasteiger partial charge in [-0.05, 0) is 113 Å². The topological polar surface area (TPSA) is 211 Å². The second kappa shape index (κ2) is 23.2. The minimum atomic E-state index is 0.000827. The van der Waals surface area contributed by atoms with Crippen LogP contribution in [0.4, 0.5) is 11.6 Å². The van der Waals surface area contributed by atoms with Crippen LogP contribution in [0.5, 0.6) is 23.0 Å². The van der Waals surface area contributed by atoms with Crippen LogP contribution in [0, 0.1) is 0 Å². The molecule has 0 aliphatic carbocycles. The normalized spacial score (nSPS) is 14.6. The van der Waals surface area contributed by atoms with Gasteiger partial charge in [-0.25, -0.2) is 29.3 Å². The molecule has 4 aromatic heterocycles. The molecule has 0 atom stereocenters. The first kappa shape index (κ1) is 49.5. The SMILES string of the molecule is CN(C)C/C=C/C(=O)N1CCC(n2nc(-c3ccc(Oc4ccccc4)cc3)c3c(N)ncnc32)CC1.COC/C=C/C(=O)N1CCC(n2nc(-c3ccc(Oc4ccccc4)cc3)c3c(N)ncnc32)CC1. The number of benzene rings is 4. The number of fused-ring (bicyclic) bond motifs is 2. The number of nitrogen functional groups attached to an aromatic ring is 2. The van der Waals surface area contributed by atoms with E-state index >= 15 is 0 Å². The number of ether oxygens (including phenoxy) is 3. The molecule has 18 heteroatoms. The highest BCUT2D eigenvalue weighted by molar-refractivity contribution is 5.99. The molecule has 4 aromatic carbocycles. The molecule has 10 rings (SSSR count). The van der Waals surface area contributed by atoms with Crippen LogP contribution in [0.2, 0.25) is 0 Å². The molecule has 2 aliphatic rings. The van der Waals surface area contributed by atoms with E-state index in [9.17, 15) is 9.59 Å². The zero-order chi connectivity index (χ0) is 50.7. The van der Waals surface area contributed by atoms with Crippen LogP contribution in [0.1, 0.15) is 37.8 Å². The summed E-state index contributed by atoms with van der Waals surface area (Å²) in [5, 5.41) is 11.4. The average Bonchev–Trinajstić information content (AvgIpc) is 4.01. The highest BCUT2D eigenvalue weighted by Crippen LogP contribution is 2.37. The van der Waals surface area contributed by atoms with E-state index in [1.54, 1.807) is 25.3 Å². The van der Waals surface area contributed by atoms with Gasteiger partial charge < -0.3 is 40.4 Å². The zero-order valence-electron chi connectivity index (χ0n) is 41.2. The van der Waals surface area contributed by atoms with E-state index in [-0.39, 0.29) is 23.9 Å². The molecule has 0 radical (unpaired) electrons. The second-order valence-electron chi connectivity index (χ2n) is 18.0. The molecule has 0 spiro atoms. The van der Waals surface area contributed by atoms with Gasteiger partial charge in [0.1, 0.15) is 58.7 Å². The van der Waals surface area contributed by atoms with Crippen molar-refractivity contribution in [3.8, 4) is 45.5 Å². The maximum atomic E-state index is 12.6. The van der Waals surface area contributed by atoms with Gasteiger partial charge >= 0.3 is 0 Å². The lowest BCUT2D eigenvalue weighted by Crippen LogP contribution is -2.38. The Morgan fingerprint density at radius 2 is 0.973 bits per heavy atom. The number of likely N-dealkylation sites (N-methyl/N-ethyl adjacent to an activating group) is 1. The Bertz CT molecular complexity index is 3180. The van der Waals surface area contributed by atoms with E-state index in [1.165, 1.54) is 12.7 Å². The summed E-state index contributed by atoms with van der Waals surface area (Å²) < 4.78 is 20.7. The van der Waals surface area contributed by atoms with Gasteiger partial charge in [-0.3, -0.25) is 9.59 Å². The number of hydrogen-bond acceptors (Lipinski definition) is 14. The number of rotatable bonds is 14. The summed E-state index contributed by atoms with van der Waals surface area (Å²) >= 11 is 0. The fraction of sp³-hybridized carbons (Fsp3) is 0.273. The van der Waals surface area contributed by atoms with E-state index in [2.05, 4.69) is 19.9 Å². The molecule has 374 valence electrons. The van der Waals surface area contributed by atoms with Crippen LogP contribution >= 0.6 is 0 Å². The third kappa shape index (κ3) is 11.8. The molecular formula is C55H59N13O5. The minimum Gasteiger partial charge on any atom is -0.457 e. The summed E-state index contributed by atoms with van der Waals surface area (Å²) in [5.74, 6) is 3.86. The molecule has 18 nitrogen and oxygen atoms in total. The fourth-order valence-electron chi connectivity index (χ4n) is 9.00. The number of likely N-dealkylation sites (tertiary alicyclic amines) is 2. The van der Waals surface area contributed by atoms with Crippen LogP contribution in [-0.4, -0.2) is 127 Å². The molecule has 2 amide bonds. The van der Waals surface area contributed by atoms with Crippen LogP contribution in [0.3, 0.4) is 0 Å². The number of carbonyl (C=O) groups is 2. The number of methoxy groups -OCH3 is 1. The standard InChI is InChI=1S/C28H31N7O2.C27H28N6O3/c1-33(2)16-6-9-24(36)34-17-14-21(15-18-34)35-28-25(27(29)30-19-31-28)26(32-35)20-10-12-23(13-11-20)37-22-7-4-3-5-8-22;1-35-17-5-8-23(34)32-15-13-20(14-16-32)33-27-24(26(28)29-18-30-27)25(31-33)19-9-11-22(12-10-19)36-21-6-3-2-4-7-21/h3-13,19,21H,14-18H2,1-2H3,(H2,29,30,31);2-12,18,20H,13-17H2,1H3,(H2,28,29,30)/b9-6+;8-5+. The van der Waals surface area contributed by atoms with Gasteiger partial charge in [0.05, 0.1) is 29.5 Å². The van der Waals surface area contributed by atoms with Crippen molar-refractivity contribution in [3.63, 3.8) is 0 Å². The molecule has 0 unspecified atom stereocenters. The number of anilines is 2. The van der Waals surface area contributed by atoms with E-state index in [1.807, 2.05) is 153 Å². The predicted octanol–water partition coefficient (Wildman–Crippen LogP) is 8.38. The van der Waals surface area contributed by atoms with Crippen molar-refractivity contribution in [2.24, 2.45) is 0 Å². The molecule has 2 aliphatic heterocycles. The highest BCUT2D eigenvalue weighted by Gasteiger charge is 2.29. The van der Waals surface area contributed by atoms with Crippen LogP contribution < -0.4 is 20.9 Å². The summed E-state index contributed by atoms with van der Waals surface area (Å²) in [6, 6.07) is 35.0. The average molecular weight is 982 g/mol. The summed E-state index contributed by atoms with van der Waals surface area (Å²) in [5.41, 5.74) is 17.3. The van der Waals surface area contributed by atoms with E-state index < -0.39 is 0 Å². The van der Waals surface area contributed by atoms with Crippen LogP contribution in [0.15, 0.2) is 146 Å². The number of aromatic nitrogens is 8. The molecule has 4 N–H and O–H groups in total. The van der Waals surface area contributed by atoms with E-state index in [0.717, 1.165) is 88.5 Å². The van der Waals surface area contributed by atoms with Gasteiger partial charge in [-0.15, -0.1) is 0 Å². The van der Waals surface area contributed by atoms with Crippen molar-refractivity contribution in [1.82, 2.24) is 54.2 Å². The second-order valence-corrected chi connectivity index (χ2v) is 18.0. The van der Waals surface area contributed by atoms with Crippen molar-refractivity contribution in [2.75, 3.05) is 72.0 Å². The third-order valence-corrected chi connectivity index (χ3v) is 12.7.